The van der Waals surface area contributed by atoms with E-state index in [1.54, 1.807) is 6.20 Å². The Hall–Kier alpha value is -2.42. The molecule has 0 spiro atoms. The van der Waals surface area contributed by atoms with E-state index in [9.17, 15) is 0 Å². The van der Waals surface area contributed by atoms with Crippen LogP contribution in [-0.2, 0) is 12.8 Å². The van der Waals surface area contributed by atoms with Crippen molar-refractivity contribution in [3.05, 3.63) is 35.3 Å². The smallest absolute Gasteiger partial charge is 0.158 e. The van der Waals surface area contributed by atoms with Crippen molar-refractivity contribution in [1.29, 1.82) is 5.26 Å². The number of imidazole rings is 1. The van der Waals surface area contributed by atoms with Gasteiger partial charge in [0.15, 0.2) is 5.69 Å². The largest absolute Gasteiger partial charge is 0.345 e. The maximum absolute atomic E-state index is 8.84. The van der Waals surface area contributed by atoms with Crippen LogP contribution < -0.4 is 4.90 Å². The standard InChI is InChI=1S/C16H18N6/c17-8-11-9-19-15(10-18-11)22-7-3-6-14(22)16-20-12-4-1-2-5-13(12)21-16/h9-10,14H,1-7H2,(H,20,21)/t14-/m0/s1. The number of aromatic nitrogens is 4. The molecule has 0 saturated carbocycles. The Morgan fingerprint density at radius 1 is 1.18 bits per heavy atom. The number of aryl methyl sites for hydroxylation is 2. The van der Waals surface area contributed by atoms with Crippen molar-refractivity contribution in [3.63, 3.8) is 0 Å². The number of hydrogen-bond acceptors (Lipinski definition) is 5. The number of nitriles is 1. The summed E-state index contributed by atoms with van der Waals surface area (Å²) in [6.45, 7) is 0.955. The molecule has 1 fully saturated rings. The van der Waals surface area contributed by atoms with Crippen LogP contribution in [0.25, 0.3) is 0 Å². The van der Waals surface area contributed by atoms with E-state index in [1.807, 2.05) is 6.07 Å². The van der Waals surface area contributed by atoms with Crippen molar-refractivity contribution in [2.24, 2.45) is 0 Å². The number of rotatable bonds is 2. The molecule has 1 N–H and O–H groups in total. The van der Waals surface area contributed by atoms with E-state index in [2.05, 4.69) is 19.9 Å². The van der Waals surface area contributed by atoms with Crippen LogP contribution in [0.5, 0.6) is 0 Å². The Labute approximate surface area is 129 Å². The topological polar surface area (TPSA) is 81.5 Å². The summed E-state index contributed by atoms with van der Waals surface area (Å²) in [6, 6.07) is 2.25. The lowest BCUT2D eigenvalue weighted by Crippen LogP contribution is -2.24. The quantitative estimate of drug-likeness (QED) is 0.919. The number of fused-ring (bicyclic) bond motifs is 1. The zero-order chi connectivity index (χ0) is 14.9. The summed E-state index contributed by atoms with van der Waals surface area (Å²) in [5, 5.41) is 8.84. The normalized spacial score (nSPS) is 20.7. The molecule has 112 valence electrons. The fourth-order valence-electron chi connectivity index (χ4n) is 3.49. The third-order valence-corrected chi connectivity index (χ3v) is 4.59. The van der Waals surface area contributed by atoms with Gasteiger partial charge in [-0.2, -0.15) is 5.26 Å². The first-order valence-corrected chi connectivity index (χ1v) is 7.91. The summed E-state index contributed by atoms with van der Waals surface area (Å²) in [7, 11) is 0. The van der Waals surface area contributed by atoms with E-state index in [4.69, 9.17) is 10.2 Å². The van der Waals surface area contributed by atoms with Gasteiger partial charge in [-0.3, -0.25) is 0 Å². The average Bonchev–Trinajstić information content (AvgIpc) is 3.21. The highest BCUT2D eigenvalue weighted by Crippen LogP contribution is 2.34. The van der Waals surface area contributed by atoms with Gasteiger partial charge >= 0.3 is 0 Å². The molecule has 22 heavy (non-hydrogen) atoms. The van der Waals surface area contributed by atoms with Crippen LogP contribution >= 0.6 is 0 Å². The predicted octanol–water partition coefficient (Wildman–Crippen LogP) is 2.29. The second-order valence-corrected chi connectivity index (χ2v) is 5.98. The first-order chi connectivity index (χ1) is 10.8. The van der Waals surface area contributed by atoms with Crippen LogP contribution in [-0.4, -0.2) is 26.5 Å². The van der Waals surface area contributed by atoms with Crippen LogP contribution in [0.15, 0.2) is 12.4 Å². The number of nitrogens with zero attached hydrogens (tertiary/aromatic N) is 5. The van der Waals surface area contributed by atoms with Crippen LogP contribution in [0.3, 0.4) is 0 Å². The fraction of sp³-hybridized carbons (Fsp3) is 0.500. The Balaban J connectivity index is 1.62. The van der Waals surface area contributed by atoms with E-state index < -0.39 is 0 Å². The van der Waals surface area contributed by atoms with E-state index in [0.717, 1.165) is 43.9 Å². The lowest BCUT2D eigenvalue weighted by atomic mass is 10.0. The maximum Gasteiger partial charge on any atom is 0.158 e. The lowest BCUT2D eigenvalue weighted by molar-refractivity contribution is 0.666. The molecule has 2 aliphatic rings. The van der Waals surface area contributed by atoms with Crippen molar-refractivity contribution >= 4 is 5.82 Å². The number of hydrogen-bond donors (Lipinski definition) is 1. The fourth-order valence-corrected chi connectivity index (χ4v) is 3.49. The first kappa shape index (κ1) is 13.3. The summed E-state index contributed by atoms with van der Waals surface area (Å²) in [5.74, 6) is 1.89. The van der Waals surface area contributed by atoms with Gasteiger partial charge in [0.25, 0.3) is 0 Å². The van der Waals surface area contributed by atoms with Crippen molar-refractivity contribution in [1.82, 2.24) is 19.9 Å². The van der Waals surface area contributed by atoms with Gasteiger partial charge in [-0.15, -0.1) is 0 Å². The van der Waals surface area contributed by atoms with Crippen LogP contribution in [0.2, 0.25) is 0 Å². The third-order valence-electron chi connectivity index (χ3n) is 4.59. The number of anilines is 1. The van der Waals surface area contributed by atoms with E-state index in [1.165, 1.54) is 30.4 Å². The Morgan fingerprint density at radius 2 is 2.09 bits per heavy atom. The molecule has 1 aliphatic heterocycles. The SMILES string of the molecule is N#Cc1cnc(N2CCC[C@H]2c2nc3c([nH]2)CCCC3)cn1. The minimum absolute atomic E-state index is 0.243. The van der Waals surface area contributed by atoms with Crippen molar-refractivity contribution in [3.8, 4) is 6.07 Å². The number of nitrogens with one attached hydrogen (secondary N) is 1. The number of H-pyrrole nitrogens is 1. The molecule has 6 nitrogen and oxygen atoms in total. The molecule has 1 saturated heterocycles. The molecule has 1 atom stereocenters. The maximum atomic E-state index is 8.84. The molecular formula is C16H18N6. The predicted molar refractivity (Wildman–Crippen MR) is 81.3 cm³/mol. The monoisotopic (exact) mass is 294 g/mol. The van der Waals surface area contributed by atoms with E-state index >= 15 is 0 Å². The van der Waals surface area contributed by atoms with Crippen molar-refractivity contribution in [2.75, 3.05) is 11.4 Å². The van der Waals surface area contributed by atoms with Crippen LogP contribution in [0, 0.1) is 11.3 Å². The van der Waals surface area contributed by atoms with Gasteiger partial charge < -0.3 is 9.88 Å². The van der Waals surface area contributed by atoms with Gasteiger partial charge in [-0.1, -0.05) is 0 Å². The second kappa shape index (κ2) is 5.41. The van der Waals surface area contributed by atoms with Crippen molar-refractivity contribution < 1.29 is 0 Å². The Bertz CT molecular complexity index is 688. The molecule has 4 rings (SSSR count). The zero-order valence-corrected chi connectivity index (χ0v) is 12.4. The van der Waals surface area contributed by atoms with Gasteiger partial charge in [0, 0.05) is 12.2 Å². The molecule has 0 radical (unpaired) electrons. The second-order valence-electron chi connectivity index (χ2n) is 5.98. The molecule has 1 aliphatic carbocycles. The summed E-state index contributed by atoms with van der Waals surface area (Å²) in [5.41, 5.74) is 2.92. The zero-order valence-electron chi connectivity index (χ0n) is 12.4. The van der Waals surface area contributed by atoms with Gasteiger partial charge in [0.2, 0.25) is 0 Å². The Kier molecular flexibility index (Phi) is 3.26. The molecule has 0 unspecified atom stereocenters. The summed E-state index contributed by atoms with van der Waals surface area (Å²) in [4.78, 5) is 19.2. The van der Waals surface area contributed by atoms with Crippen molar-refractivity contribution in [2.45, 2.75) is 44.6 Å². The van der Waals surface area contributed by atoms with Crippen LogP contribution in [0.1, 0.15) is 54.6 Å². The molecule has 2 aromatic heterocycles. The highest BCUT2D eigenvalue weighted by Gasteiger charge is 2.30. The van der Waals surface area contributed by atoms with Crippen LogP contribution in [0.4, 0.5) is 5.82 Å². The van der Waals surface area contributed by atoms with E-state index in [0.29, 0.717) is 5.69 Å². The molecule has 3 heterocycles. The van der Waals surface area contributed by atoms with E-state index in [-0.39, 0.29) is 6.04 Å². The Morgan fingerprint density at radius 3 is 2.86 bits per heavy atom. The molecule has 0 bridgehead atoms. The molecule has 6 heteroatoms. The third kappa shape index (κ3) is 2.23. The van der Waals surface area contributed by atoms with Gasteiger partial charge in [-0.25, -0.2) is 15.0 Å². The first-order valence-electron chi connectivity index (χ1n) is 7.91. The minimum atomic E-state index is 0.243. The minimum Gasteiger partial charge on any atom is -0.345 e. The highest BCUT2D eigenvalue weighted by molar-refractivity contribution is 5.41. The molecule has 0 aromatic carbocycles. The average molecular weight is 294 g/mol. The molecular weight excluding hydrogens is 276 g/mol. The van der Waals surface area contributed by atoms with Gasteiger partial charge in [0.1, 0.15) is 17.7 Å². The highest BCUT2D eigenvalue weighted by atomic mass is 15.3. The molecule has 2 aromatic rings. The molecule has 0 amide bonds. The summed E-state index contributed by atoms with van der Waals surface area (Å²) in [6.07, 6.45) is 10.1. The lowest BCUT2D eigenvalue weighted by Gasteiger charge is -2.23. The summed E-state index contributed by atoms with van der Waals surface area (Å²) >= 11 is 0. The van der Waals surface area contributed by atoms with Gasteiger partial charge in [0.05, 0.1) is 24.1 Å². The summed E-state index contributed by atoms with van der Waals surface area (Å²) < 4.78 is 0. The number of aromatic amines is 1. The van der Waals surface area contributed by atoms with Gasteiger partial charge in [-0.05, 0) is 38.5 Å².